The summed E-state index contributed by atoms with van der Waals surface area (Å²) in [6, 6.07) is 0. The SMILES string of the molecule is CCCCNC(=O)C1(C)CCN1Cc1csc(C)n1. The van der Waals surface area contributed by atoms with Crippen LogP contribution >= 0.6 is 11.3 Å². The average molecular weight is 281 g/mol. The molecule has 1 unspecified atom stereocenters. The molecule has 1 saturated heterocycles. The Hall–Kier alpha value is -0.940. The molecule has 1 amide bonds. The Morgan fingerprint density at radius 1 is 1.63 bits per heavy atom. The van der Waals surface area contributed by atoms with E-state index in [1.54, 1.807) is 11.3 Å². The van der Waals surface area contributed by atoms with E-state index in [1.807, 2.05) is 13.8 Å². The molecule has 19 heavy (non-hydrogen) atoms. The fraction of sp³-hybridized carbons (Fsp3) is 0.714. The second-order valence-electron chi connectivity index (χ2n) is 5.41. The molecule has 0 spiro atoms. The predicted octanol–water partition coefficient (Wildman–Crippen LogP) is 2.33. The molecule has 1 aromatic rings. The van der Waals surface area contributed by atoms with Gasteiger partial charge in [-0.1, -0.05) is 13.3 Å². The van der Waals surface area contributed by atoms with Crippen LogP contribution in [-0.2, 0) is 11.3 Å². The quantitative estimate of drug-likeness (QED) is 0.814. The minimum absolute atomic E-state index is 0.166. The number of hydrogen-bond acceptors (Lipinski definition) is 4. The summed E-state index contributed by atoms with van der Waals surface area (Å²) in [4.78, 5) is 19.0. The van der Waals surface area contributed by atoms with Crippen LogP contribution in [0.5, 0.6) is 0 Å². The fourth-order valence-corrected chi connectivity index (χ4v) is 2.97. The van der Waals surface area contributed by atoms with Gasteiger partial charge >= 0.3 is 0 Å². The topological polar surface area (TPSA) is 45.2 Å². The number of hydrogen-bond donors (Lipinski definition) is 1. The third-order valence-corrected chi connectivity index (χ3v) is 4.71. The third-order valence-electron chi connectivity index (χ3n) is 3.89. The molecule has 0 aromatic carbocycles. The number of nitrogens with zero attached hydrogens (tertiary/aromatic N) is 2. The zero-order valence-electron chi connectivity index (χ0n) is 12.0. The lowest BCUT2D eigenvalue weighted by atomic mass is 9.85. The van der Waals surface area contributed by atoms with Gasteiger partial charge in [0, 0.05) is 25.0 Å². The van der Waals surface area contributed by atoms with Crippen molar-refractivity contribution in [3.05, 3.63) is 16.1 Å². The number of amides is 1. The van der Waals surface area contributed by atoms with Gasteiger partial charge in [0.05, 0.1) is 16.2 Å². The van der Waals surface area contributed by atoms with E-state index in [1.165, 1.54) is 0 Å². The first-order valence-corrected chi connectivity index (χ1v) is 7.88. The molecule has 1 fully saturated rings. The van der Waals surface area contributed by atoms with E-state index in [9.17, 15) is 4.79 Å². The van der Waals surface area contributed by atoms with Crippen LogP contribution in [0.25, 0.3) is 0 Å². The van der Waals surface area contributed by atoms with E-state index >= 15 is 0 Å². The Kier molecular flexibility index (Phi) is 4.58. The Balaban J connectivity index is 1.90. The standard InChI is InChI=1S/C14H23N3OS/c1-4-5-7-15-13(18)14(3)6-8-17(14)9-12-10-19-11(2)16-12/h10H,4-9H2,1-3H3,(H,15,18). The smallest absolute Gasteiger partial charge is 0.240 e. The van der Waals surface area contributed by atoms with Crippen molar-refractivity contribution in [2.24, 2.45) is 0 Å². The van der Waals surface area contributed by atoms with E-state index in [4.69, 9.17) is 0 Å². The number of unbranched alkanes of at least 4 members (excludes halogenated alkanes) is 1. The second-order valence-corrected chi connectivity index (χ2v) is 6.47. The molecule has 0 bridgehead atoms. The van der Waals surface area contributed by atoms with Gasteiger partial charge in [0.15, 0.2) is 0 Å². The molecule has 1 aliphatic heterocycles. The molecular weight excluding hydrogens is 258 g/mol. The number of rotatable bonds is 6. The van der Waals surface area contributed by atoms with Crippen LogP contribution in [0, 0.1) is 6.92 Å². The lowest BCUT2D eigenvalue weighted by Gasteiger charge is -2.48. The molecule has 2 rings (SSSR count). The van der Waals surface area contributed by atoms with Crippen molar-refractivity contribution < 1.29 is 4.79 Å². The Morgan fingerprint density at radius 2 is 2.42 bits per heavy atom. The van der Waals surface area contributed by atoms with Gasteiger partial charge in [-0.2, -0.15) is 0 Å². The number of carbonyl (C=O) groups is 1. The largest absolute Gasteiger partial charge is 0.354 e. The molecule has 5 heteroatoms. The summed E-state index contributed by atoms with van der Waals surface area (Å²) in [7, 11) is 0. The van der Waals surface area contributed by atoms with E-state index in [-0.39, 0.29) is 11.4 Å². The van der Waals surface area contributed by atoms with Crippen LogP contribution in [0.4, 0.5) is 0 Å². The summed E-state index contributed by atoms with van der Waals surface area (Å²) in [5.41, 5.74) is 0.737. The van der Waals surface area contributed by atoms with Crippen molar-refractivity contribution in [3.8, 4) is 0 Å². The maximum Gasteiger partial charge on any atom is 0.240 e. The van der Waals surface area contributed by atoms with E-state index < -0.39 is 0 Å². The van der Waals surface area contributed by atoms with Crippen LogP contribution in [0.3, 0.4) is 0 Å². The molecule has 1 N–H and O–H groups in total. The van der Waals surface area contributed by atoms with Gasteiger partial charge in [0.25, 0.3) is 0 Å². The molecule has 0 radical (unpaired) electrons. The minimum Gasteiger partial charge on any atom is -0.354 e. The first kappa shape index (κ1) is 14.5. The normalized spacial score (nSPS) is 23.1. The van der Waals surface area contributed by atoms with Gasteiger partial charge in [0.2, 0.25) is 5.91 Å². The minimum atomic E-state index is -0.342. The monoisotopic (exact) mass is 281 g/mol. The van der Waals surface area contributed by atoms with Gasteiger partial charge in [-0.25, -0.2) is 4.98 Å². The van der Waals surface area contributed by atoms with Gasteiger partial charge in [-0.3, -0.25) is 9.69 Å². The molecule has 1 aromatic heterocycles. The van der Waals surface area contributed by atoms with E-state index in [0.717, 1.165) is 49.6 Å². The molecule has 1 aliphatic rings. The average Bonchev–Trinajstić information content (AvgIpc) is 2.79. The van der Waals surface area contributed by atoms with Crippen molar-refractivity contribution >= 4 is 17.2 Å². The lowest BCUT2D eigenvalue weighted by molar-refractivity contribution is -0.141. The maximum absolute atomic E-state index is 12.3. The lowest BCUT2D eigenvalue weighted by Crippen LogP contribution is -2.65. The molecule has 0 aliphatic carbocycles. The Morgan fingerprint density at radius 3 is 2.95 bits per heavy atom. The molecule has 0 saturated carbocycles. The second kappa shape index (κ2) is 6.01. The third kappa shape index (κ3) is 3.15. The van der Waals surface area contributed by atoms with E-state index in [0.29, 0.717) is 0 Å². The zero-order valence-corrected chi connectivity index (χ0v) is 12.8. The number of likely N-dealkylation sites (tertiary alicyclic amines) is 1. The zero-order chi connectivity index (χ0) is 13.9. The predicted molar refractivity (Wildman–Crippen MR) is 78.2 cm³/mol. The van der Waals surface area contributed by atoms with Crippen molar-refractivity contribution in [2.45, 2.75) is 52.1 Å². The summed E-state index contributed by atoms with van der Waals surface area (Å²) in [5.74, 6) is 0.166. The molecular formula is C14H23N3OS. The number of thiazole rings is 1. The highest BCUT2D eigenvalue weighted by Gasteiger charge is 2.46. The molecule has 106 valence electrons. The Labute approximate surface area is 119 Å². The summed E-state index contributed by atoms with van der Waals surface area (Å²) >= 11 is 1.67. The number of nitrogens with one attached hydrogen (secondary N) is 1. The summed E-state index contributed by atoms with van der Waals surface area (Å²) in [5, 5.41) is 6.22. The summed E-state index contributed by atoms with van der Waals surface area (Å²) in [6.07, 6.45) is 3.10. The molecule has 1 atom stereocenters. The van der Waals surface area contributed by atoms with Crippen LogP contribution in [0.15, 0.2) is 5.38 Å². The van der Waals surface area contributed by atoms with Crippen LogP contribution in [0.1, 0.15) is 43.8 Å². The van der Waals surface area contributed by atoms with Crippen molar-refractivity contribution in [3.63, 3.8) is 0 Å². The molecule has 2 heterocycles. The maximum atomic E-state index is 12.3. The van der Waals surface area contributed by atoms with Gasteiger partial charge in [-0.05, 0) is 26.7 Å². The van der Waals surface area contributed by atoms with Crippen LogP contribution in [0.2, 0.25) is 0 Å². The van der Waals surface area contributed by atoms with Gasteiger partial charge in [0.1, 0.15) is 0 Å². The van der Waals surface area contributed by atoms with Crippen molar-refractivity contribution in [1.82, 2.24) is 15.2 Å². The molecule has 4 nitrogen and oxygen atoms in total. The van der Waals surface area contributed by atoms with Crippen molar-refractivity contribution in [1.29, 1.82) is 0 Å². The first-order valence-electron chi connectivity index (χ1n) is 7.00. The Bertz CT molecular complexity index is 446. The van der Waals surface area contributed by atoms with Gasteiger partial charge < -0.3 is 5.32 Å². The highest BCUT2D eigenvalue weighted by molar-refractivity contribution is 7.09. The van der Waals surface area contributed by atoms with Crippen molar-refractivity contribution in [2.75, 3.05) is 13.1 Å². The number of aryl methyl sites for hydroxylation is 1. The van der Waals surface area contributed by atoms with E-state index in [2.05, 4.69) is 27.5 Å². The highest BCUT2D eigenvalue weighted by atomic mass is 32.1. The van der Waals surface area contributed by atoms with Gasteiger partial charge in [-0.15, -0.1) is 11.3 Å². The number of carbonyl (C=O) groups excluding carboxylic acids is 1. The number of aromatic nitrogens is 1. The van der Waals surface area contributed by atoms with Crippen LogP contribution < -0.4 is 5.32 Å². The summed E-state index contributed by atoms with van der Waals surface area (Å²) in [6.45, 7) is 8.73. The first-order chi connectivity index (χ1) is 9.06. The highest BCUT2D eigenvalue weighted by Crippen LogP contribution is 2.32. The fourth-order valence-electron chi connectivity index (χ4n) is 2.36. The van der Waals surface area contributed by atoms with Crippen LogP contribution in [-0.4, -0.2) is 34.4 Å². The summed E-state index contributed by atoms with van der Waals surface area (Å²) < 4.78 is 0.